The lowest BCUT2D eigenvalue weighted by Crippen LogP contribution is -2.50. The van der Waals surface area contributed by atoms with Crippen LogP contribution in [0.15, 0.2) is 29.1 Å². The SMILES string of the molecule is COC(=O)[C@@H](CC(C)C)NC(=O)[C@H](Nc1ccc2c(cc1=O)[C@H](NC(C)=O)CCc1cc(OC)c(OC)c(OC)c1-2)C(C)C. The number of ether oxygens (including phenoxy) is 4. The average molecular weight is 612 g/mol. The molecule has 0 spiro atoms. The zero-order valence-corrected chi connectivity index (χ0v) is 27.1. The van der Waals surface area contributed by atoms with Crippen molar-refractivity contribution in [1.82, 2.24) is 10.6 Å². The van der Waals surface area contributed by atoms with Gasteiger partial charge in [0.05, 0.1) is 40.2 Å². The first-order valence-corrected chi connectivity index (χ1v) is 14.8. The Morgan fingerprint density at radius 1 is 0.955 bits per heavy atom. The minimum atomic E-state index is -0.832. The molecule has 0 saturated carbocycles. The van der Waals surface area contributed by atoms with Crippen molar-refractivity contribution in [3.63, 3.8) is 0 Å². The topological polar surface area (TPSA) is 141 Å². The Bertz CT molecular complexity index is 1440. The largest absolute Gasteiger partial charge is 0.493 e. The number of fused-ring (bicyclic) bond motifs is 3. The van der Waals surface area contributed by atoms with Gasteiger partial charge in [-0.1, -0.05) is 33.8 Å². The van der Waals surface area contributed by atoms with E-state index in [1.807, 2.05) is 33.8 Å². The van der Waals surface area contributed by atoms with Gasteiger partial charge in [-0.05, 0) is 66.0 Å². The zero-order chi connectivity index (χ0) is 32.7. The second kappa shape index (κ2) is 14.9. The lowest BCUT2D eigenvalue weighted by molar-refractivity contribution is -0.145. The molecular weight excluding hydrogens is 566 g/mol. The van der Waals surface area contributed by atoms with E-state index in [1.54, 1.807) is 19.2 Å². The second-order valence-electron chi connectivity index (χ2n) is 11.7. The van der Waals surface area contributed by atoms with Crippen molar-refractivity contribution in [3.05, 3.63) is 45.6 Å². The summed E-state index contributed by atoms with van der Waals surface area (Å²) in [7, 11) is 5.89. The van der Waals surface area contributed by atoms with Gasteiger partial charge < -0.3 is 34.9 Å². The third-order valence-corrected chi connectivity index (χ3v) is 7.69. The van der Waals surface area contributed by atoms with Crippen LogP contribution in [0, 0.1) is 11.8 Å². The van der Waals surface area contributed by atoms with Crippen molar-refractivity contribution >= 4 is 23.5 Å². The standard InChI is InChI=1S/C33H45N3O8/c1-17(2)14-25(33(40)44-9)36-32(39)29(18(3)4)35-24-13-11-21-22(16-26(24)38)23(34-19(5)37)12-10-20-15-27(41-6)30(42-7)31(43-8)28(20)21/h11,13,15-18,23,25,29H,10,12,14H2,1-9H3,(H,34,37)(H,35,38)(H,36,39)/t23-,25-,29-/m1/s1. The molecule has 2 aromatic rings. The van der Waals surface area contributed by atoms with Crippen LogP contribution >= 0.6 is 0 Å². The molecule has 0 unspecified atom stereocenters. The number of aryl methyl sites for hydroxylation is 1. The van der Waals surface area contributed by atoms with Gasteiger partial charge in [-0.2, -0.15) is 0 Å². The van der Waals surface area contributed by atoms with Crippen LogP contribution in [0.25, 0.3) is 11.1 Å². The van der Waals surface area contributed by atoms with E-state index in [1.165, 1.54) is 34.3 Å². The molecule has 11 heteroatoms. The molecule has 0 saturated heterocycles. The van der Waals surface area contributed by atoms with Crippen LogP contribution in [0.5, 0.6) is 17.2 Å². The number of hydrogen-bond donors (Lipinski definition) is 3. The van der Waals surface area contributed by atoms with E-state index in [9.17, 15) is 19.2 Å². The fourth-order valence-electron chi connectivity index (χ4n) is 5.62. The summed E-state index contributed by atoms with van der Waals surface area (Å²) in [6.07, 6.45) is 1.50. The Labute approximate surface area is 259 Å². The third-order valence-electron chi connectivity index (χ3n) is 7.69. The fourth-order valence-corrected chi connectivity index (χ4v) is 5.62. The summed E-state index contributed by atoms with van der Waals surface area (Å²) in [5, 5.41) is 8.92. The molecule has 11 nitrogen and oxygen atoms in total. The maximum absolute atomic E-state index is 13.8. The molecule has 2 aromatic carbocycles. The van der Waals surface area contributed by atoms with Gasteiger partial charge in [-0.25, -0.2) is 4.79 Å². The number of nitrogens with one attached hydrogen (secondary N) is 3. The fraction of sp³-hybridized carbons (Fsp3) is 0.515. The van der Waals surface area contributed by atoms with Crippen molar-refractivity contribution in [2.45, 2.75) is 72.0 Å². The summed E-state index contributed by atoms with van der Waals surface area (Å²) in [5.41, 5.74) is 2.73. The lowest BCUT2D eigenvalue weighted by Gasteiger charge is -2.25. The smallest absolute Gasteiger partial charge is 0.328 e. The molecule has 3 N–H and O–H groups in total. The molecule has 0 aromatic heterocycles. The van der Waals surface area contributed by atoms with Gasteiger partial charge in [-0.15, -0.1) is 0 Å². The summed E-state index contributed by atoms with van der Waals surface area (Å²) < 4.78 is 22.0. The van der Waals surface area contributed by atoms with Gasteiger partial charge >= 0.3 is 5.97 Å². The van der Waals surface area contributed by atoms with Crippen LogP contribution in [0.2, 0.25) is 0 Å². The van der Waals surface area contributed by atoms with Gasteiger partial charge in [0.2, 0.25) is 23.0 Å². The van der Waals surface area contributed by atoms with E-state index < -0.39 is 30.0 Å². The molecule has 0 heterocycles. The molecular formula is C33H45N3O8. The van der Waals surface area contributed by atoms with Crippen LogP contribution in [-0.2, 0) is 25.5 Å². The molecule has 3 rings (SSSR count). The molecule has 240 valence electrons. The number of methoxy groups -OCH3 is 4. The number of carbonyl (C=O) groups excluding carboxylic acids is 3. The van der Waals surface area contributed by atoms with Crippen molar-refractivity contribution in [3.8, 4) is 28.4 Å². The molecule has 0 bridgehead atoms. The maximum atomic E-state index is 13.8. The lowest BCUT2D eigenvalue weighted by atomic mass is 9.95. The highest BCUT2D eigenvalue weighted by Crippen LogP contribution is 2.50. The molecule has 0 fully saturated rings. The molecule has 3 atom stereocenters. The van der Waals surface area contributed by atoms with Crippen LogP contribution in [0.1, 0.15) is 64.6 Å². The number of hydrogen-bond acceptors (Lipinski definition) is 9. The number of carbonyl (C=O) groups is 3. The summed E-state index contributed by atoms with van der Waals surface area (Å²) in [6.45, 7) is 9.03. The Morgan fingerprint density at radius 3 is 2.18 bits per heavy atom. The van der Waals surface area contributed by atoms with Gasteiger partial charge in [0.15, 0.2) is 11.5 Å². The molecule has 1 aliphatic carbocycles. The van der Waals surface area contributed by atoms with Gasteiger partial charge in [0.1, 0.15) is 12.1 Å². The molecule has 2 amide bonds. The minimum absolute atomic E-state index is 0.136. The summed E-state index contributed by atoms with van der Waals surface area (Å²) >= 11 is 0. The van der Waals surface area contributed by atoms with Crippen molar-refractivity contribution in [2.75, 3.05) is 33.8 Å². The monoisotopic (exact) mass is 611 g/mol. The summed E-state index contributed by atoms with van der Waals surface area (Å²) in [6, 6.07) is 4.68. The van der Waals surface area contributed by atoms with E-state index in [0.29, 0.717) is 47.6 Å². The highest BCUT2D eigenvalue weighted by Gasteiger charge is 2.31. The van der Waals surface area contributed by atoms with Crippen molar-refractivity contribution < 1.29 is 33.3 Å². The first kappa shape index (κ1) is 34.2. The Balaban J connectivity index is 2.17. The number of amides is 2. The molecule has 0 radical (unpaired) electrons. The van der Waals surface area contributed by atoms with E-state index in [2.05, 4.69) is 16.0 Å². The average Bonchev–Trinajstić information content (AvgIpc) is 3.21. The zero-order valence-electron chi connectivity index (χ0n) is 27.1. The van der Waals surface area contributed by atoms with Crippen LogP contribution in [-0.4, -0.2) is 58.3 Å². The number of esters is 1. The number of anilines is 1. The van der Waals surface area contributed by atoms with E-state index >= 15 is 0 Å². The Morgan fingerprint density at radius 2 is 1.64 bits per heavy atom. The van der Waals surface area contributed by atoms with Crippen LogP contribution < -0.4 is 35.6 Å². The first-order chi connectivity index (χ1) is 20.9. The molecule has 1 aliphatic rings. The quantitative estimate of drug-likeness (QED) is 0.304. The highest BCUT2D eigenvalue weighted by molar-refractivity contribution is 5.90. The summed E-state index contributed by atoms with van der Waals surface area (Å²) in [4.78, 5) is 51.9. The van der Waals surface area contributed by atoms with E-state index in [4.69, 9.17) is 18.9 Å². The maximum Gasteiger partial charge on any atom is 0.328 e. The van der Waals surface area contributed by atoms with E-state index in [0.717, 1.165) is 11.1 Å². The predicted octanol–water partition coefficient (Wildman–Crippen LogP) is 4.00. The first-order valence-electron chi connectivity index (χ1n) is 14.8. The number of benzene rings is 1. The van der Waals surface area contributed by atoms with Gasteiger partial charge in [-0.3, -0.25) is 14.4 Å². The normalized spacial score (nSPS) is 15.2. The highest BCUT2D eigenvalue weighted by atomic mass is 16.5. The minimum Gasteiger partial charge on any atom is -0.493 e. The van der Waals surface area contributed by atoms with E-state index in [-0.39, 0.29) is 28.9 Å². The van der Waals surface area contributed by atoms with Gasteiger partial charge in [0.25, 0.3) is 0 Å². The van der Waals surface area contributed by atoms with Crippen molar-refractivity contribution in [2.24, 2.45) is 11.8 Å². The molecule has 44 heavy (non-hydrogen) atoms. The van der Waals surface area contributed by atoms with Crippen LogP contribution in [0.4, 0.5) is 5.69 Å². The third kappa shape index (κ3) is 7.62. The van der Waals surface area contributed by atoms with Crippen molar-refractivity contribution in [1.29, 1.82) is 0 Å². The number of rotatable bonds is 12. The Kier molecular flexibility index (Phi) is 11.6. The molecule has 0 aliphatic heterocycles. The summed E-state index contributed by atoms with van der Waals surface area (Å²) in [5.74, 6) is 0.0615. The Hall–Kier alpha value is -4.28. The van der Waals surface area contributed by atoms with Crippen LogP contribution in [0.3, 0.4) is 0 Å². The van der Waals surface area contributed by atoms with Gasteiger partial charge in [0, 0.05) is 12.5 Å². The second-order valence-corrected chi connectivity index (χ2v) is 11.7. The predicted molar refractivity (Wildman–Crippen MR) is 168 cm³/mol.